The van der Waals surface area contributed by atoms with Gasteiger partial charge in [-0.2, -0.15) is 4.98 Å². The van der Waals surface area contributed by atoms with Gasteiger partial charge in [-0.05, 0) is 38.0 Å². The van der Waals surface area contributed by atoms with Gasteiger partial charge in [-0.1, -0.05) is 6.07 Å². The second kappa shape index (κ2) is 7.20. The maximum Gasteiger partial charge on any atom is 0.263 e. The number of rotatable bonds is 4. The van der Waals surface area contributed by atoms with Crippen molar-refractivity contribution in [3.8, 4) is 11.5 Å². The van der Waals surface area contributed by atoms with Gasteiger partial charge in [0.1, 0.15) is 17.6 Å². The summed E-state index contributed by atoms with van der Waals surface area (Å²) in [5, 5.41) is 3.15. The molecule has 1 amide bonds. The van der Waals surface area contributed by atoms with Gasteiger partial charge in [0.05, 0.1) is 6.20 Å². The molecule has 3 aromatic rings. The molecule has 2 aliphatic rings. The first-order chi connectivity index (χ1) is 14.2. The van der Waals surface area contributed by atoms with Gasteiger partial charge in [-0.3, -0.25) is 4.79 Å². The molecule has 0 radical (unpaired) electrons. The third kappa shape index (κ3) is 3.10. The summed E-state index contributed by atoms with van der Waals surface area (Å²) >= 11 is 0. The molecule has 8 nitrogen and oxygen atoms in total. The molecule has 1 saturated heterocycles. The SMILES string of the molecule is CCNc1ncc2c(n1)N1CCC[C@H]1CN(c1cccc(-c3ncco3)c1)C2=O. The van der Waals surface area contributed by atoms with Crippen molar-refractivity contribution in [3.63, 3.8) is 0 Å². The molecule has 148 valence electrons. The van der Waals surface area contributed by atoms with Crippen molar-refractivity contribution in [2.24, 2.45) is 0 Å². The van der Waals surface area contributed by atoms with Crippen LogP contribution in [0.5, 0.6) is 0 Å². The number of anilines is 3. The summed E-state index contributed by atoms with van der Waals surface area (Å²) in [5.41, 5.74) is 2.20. The van der Waals surface area contributed by atoms with E-state index < -0.39 is 0 Å². The number of nitrogens with one attached hydrogen (secondary N) is 1. The lowest BCUT2D eigenvalue weighted by Crippen LogP contribution is -2.39. The van der Waals surface area contributed by atoms with Crippen molar-refractivity contribution in [2.75, 3.05) is 34.8 Å². The summed E-state index contributed by atoms with van der Waals surface area (Å²) in [4.78, 5) is 30.8. The van der Waals surface area contributed by atoms with Gasteiger partial charge >= 0.3 is 0 Å². The lowest BCUT2D eigenvalue weighted by molar-refractivity contribution is 0.0988. The Bertz CT molecular complexity index is 1040. The minimum absolute atomic E-state index is 0.0815. The fraction of sp³-hybridized carbons (Fsp3) is 0.333. The maximum atomic E-state index is 13.5. The number of fused-ring (bicyclic) bond motifs is 3. The fourth-order valence-corrected chi connectivity index (χ4v) is 4.12. The van der Waals surface area contributed by atoms with Gasteiger partial charge in [0.25, 0.3) is 5.91 Å². The van der Waals surface area contributed by atoms with E-state index in [1.807, 2.05) is 36.1 Å². The number of oxazole rings is 1. The van der Waals surface area contributed by atoms with Crippen LogP contribution in [0.3, 0.4) is 0 Å². The molecule has 4 heterocycles. The van der Waals surface area contributed by atoms with Crippen molar-refractivity contribution in [1.82, 2.24) is 15.0 Å². The zero-order valence-corrected chi connectivity index (χ0v) is 16.2. The highest BCUT2D eigenvalue weighted by Gasteiger charge is 2.37. The molecule has 0 unspecified atom stereocenters. The third-order valence-corrected chi connectivity index (χ3v) is 5.46. The molecule has 0 saturated carbocycles. The van der Waals surface area contributed by atoms with Crippen molar-refractivity contribution < 1.29 is 9.21 Å². The topological polar surface area (TPSA) is 87.4 Å². The van der Waals surface area contributed by atoms with Crippen molar-refractivity contribution in [1.29, 1.82) is 0 Å². The summed E-state index contributed by atoms with van der Waals surface area (Å²) in [6.07, 6.45) is 6.93. The summed E-state index contributed by atoms with van der Waals surface area (Å²) in [7, 11) is 0. The zero-order chi connectivity index (χ0) is 19.8. The number of hydrogen-bond acceptors (Lipinski definition) is 7. The normalized spacial score (nSPS) is 18.4. The summed E-state index contributed by atoms with van der Waals surface area (Å²) in [5.74, 6) is 1.75. The van der Waals surface area contributed by atoms with Crippen LogP contribution in [-0.4, -0.2) is 46.5 Å². The van der Waals surface area contributed by atoms with Gasteiger partial charge in [0.15, 0.2) is 0 Å². The van der Waals surface area contributed by atoms with Crippen LogP contribution < -0.4 is 15.1 Å². The molecule has 0 aliphatic carbocycles. The van der Waals surface area contributed by atoms with Crippen LogP contribution in [0.4, 0.5) is 17.5 Å². The van der Waals surface area contributed by atoms with Crippen LogP contribution >= 0.6 is 0 Å². The average molecular weight is 390 g/mol. The standard InChI is InChI=1S/C21H22N6O2/c1-2-22-21-24-12-17-18(25-21)26-9-4-7-16(26)13-27(20(17)28)15-6-3-5-14(11-15)19-23-8-10-29-19/h3,5-6,8,10-12,16H,2,4,7,9,13H2,1H3,(H,22,24,25)/t16-/m0/s1. The van der Waals surface area contributed by atoms with Crippen LogP contribution in [0.15, 0.2) is 47.3 Å². The van der Waals surface area contributed by atoms with Crippen LogP contribution in [0.25, 0.3) is 11.5 Å². The molecule has 8 heteroatoms. The molecule has 0 bridgehead atoms. The quantitative estimate of drug-likeness (QED) is 0.732. The summed E-state index contributed by atoms with van der Waals surface area (Å²) < 4.78 is 5.43. The molecule has 29 heavy (non-hydrogen) atoms. The van der Waals surface area contributed by atoms with Crippen molar-refractivity contribution in [3.05, 3.63) is 48.5 Å². The van der Waals surface area contributed by atoms with E-state index in [0.29, 0.717) is 23.9 Å². The Labute approximate surface area is 168 Å². The number of nitrogens with zero attached hydrogens (tertiary/aromatic N) is 5. The van der Waals surface area contributed by atoms with E-state index in [9.17, 15) is 4.79 Å². The van der Waals surface area contributed by atoms with Crippen LogP contribution in [0.2, 0.25) is 0 Å². The number of amides is 1. The average Bonchev–Trinajstić information content (AvgIpc) is 3.42. The van der Waals surface area contributed by atoms with Gasteiger partial charge in [0.2, 0.25) is 11.8 Å². The molecule has 5 rings (SSSR count). The second-order valence-electron chi connectivity index (χ2n) is 7.25. The number of carbonyl (C=O) groups is 1. The minimum Gasteiger partial charge on any atom is -0.445 e. The maximum absolute atomic E-state index is 13.5. The Morgan fingerprint density at radius 3 is 3.07 bits per heavy atom. The van der Waals surface area contributed by atoms with Gasteiger partial charge in [-0.15, -0.1) is 0 Å². The molecule has 1 fully saturated rings. The molecule has 1 aromatic carbocycles. The third-order valence-electron chi connectivity index (χ3n) is 5.46. The van der Waals surface area contributed by atoms with Crippen molar-refractivity contribution in [2.45, 2.75) is 25.8 Å². The molecule has 1 N–H and O–H groups in total. The Kier molecular flexibility index (Phi) is 4.38. The lowest BCUT2D eigenvalue weighted by atomic mass is 10.1. The van der Waals surface area contributed by atoms with E-state index in [2.05, 4.69) is 25.2 Å². The van der Waals surface area contributed by atoms with Crippen molar-refractivity contribution >= 4 is 23.4 Å². The summed E-state index contributed by atoms with van der Waals surface area (Å²) in [6, 6.07) is 7.98. The van der Waals surface area contributed by atoms with E-state index in [-0.39, 0.29) is 11.9 Å². The Hall–Kier alpha value is -3.42. The van der Waals surface area contributed by atoms with E-state index in [0.717, 1.165) is 43.0 Å². The molecule has 2 aromatic heterocycles. The highest BCUT2D eigenvalue weighted by molar-refractivity contribution is 6.10. The monoisotopic (exact) mass is 390 g/mol. The number of carbonyl (C=O) groups excluding carboxylic acids is 1. The molecule has 1 atom stereocenters. The number of benzene rings is 1. The highest BCUT2D eigenvalue weighted by atomic mass is 16.3. The smallest absolute Gasteiger partial charge is 0.263 e. The first kappa shape index (κ1) is 17.7. The zero-order valence-electron chi connectivity index (χ0n) is 16.2. The number of aromatic nitrogens is 3. The fourth-order valence-electron chi connectivity index (χ4n) is 4.12. The molecular weight excluding hydrogens is 368 g/mol. The van der Waals surface area contributed by atoms with E-state index in [4.69, 9.17) is 4.42 Å². The van der Waals surface area contributed by atoms with E-state index in [1.54, 1.807) is 18.7 Å². The highest BCUT2D eigenvalue weighted by Crippen LogP contribution is 2.34. The van der Waals surface area contributed by atoms with E-state index in [1.165, 1.54) is 0 Å². The van der Waals surface area contributed by atoms with Crippen LogP contribution in [-0.2, 0) is 0 Å². The van der Waals surface area contributed by atoms with Gasteiger partial charge in [-0.25, -0.2) is 9.97 Å². The predicted molar refractivity (Wildman–Crippen MR) is 110 cm³/mol. The van der Waals surface area contributed by atoms with Crippen LogP contribution in [0, 0.1) is 0 Å². The van der Waals surface area contributed by atoms with Gasteiger partial charge < -0.3 is 19.5 Å². The predicted octanol–water partition coefficient (Wildman–Crippen LogP) is 3.19. The summed E-state index contributed by atoms with van der Waals surface area (Å²) in [6.45, 7) is 4.25. The minimum atomic E-state index is -0.0815. The molecular formula is C21H22N6O2. The largest absolute Gasteiger partial charge is 0.445 e. The Morgan fingerprint density at radius 2 is 2.24 bits per heavy atom. The Morgan fingerprint density at radius 1 is 1.31 bits per heavy atom. The Balaban J connectivity index is 1.57. The molecule has 0 spiro atoms. The first-order valence-corrected chi connectivity index (χ1v) is 9.94. The van der Waals surface area contributed by atoms with Gasteiger partial charge in [0, 0.05) is 43.1 Å². The van der Waals surface area contributed by atoms with E-state index >= 15 is 0 Å². The second-order valence-corrected chi connectivity index (χ2v) is 7.25. The van der Waals surface area contributed by atoms with Crippen LogP contribution in [0.1, 0.15) is 30.1 Å². The number of hydrogen-bond donors (Lipinski definition) is 1. The molecule has 2 aliphatic heterocycles. The first-order valence-electron chi connectivity index (χ1n) is 9.94. The lowest BCUT2D eigenvalue weighted by Gasteiger charge is -2.27.